The molecule has 0 saturated carbocycles. The van der Waals surface area contributed by atoms with E-state index in [4.69, 9.17) is 11.6 Å². The maximum atomic E-state index is 13.3. The van der Waals surface area contributed by atoms with Gasteiger partial charge in [-0.3, -0.25) is 4.79 Å². The zero-order chi connectivity index (χ0) is 23.9. The minimum Gasteiger partial charge on any atom is -0.369 e. The summed E-state index contributed by atoms with van der Waals surface area (Å²) < 4.78 is 79.8. The Labute approximate surface area is 188 Å². The number of nitrogens with zero attached hydrogens (tertiary/aromatic N) is 1. The lowest BCUT2D eigenvalue weighted by molar-refractivity contribution is -0.376. The summed E-state index contributed by atoms with van der Waals surface area (Å²) in [5.74, 6) is 4.86. The highest BCUT2D eigenvalue weighted by Crippen LogP contribution is 2.52. The molecular formula is C21H14ClF6NO2S. The van der Waals surface area contributed by atoms with Gasteiger partial charge in [0.2, 0.25) is 0 Å². The standard InChI is InChI=1S/C21H14ClF6NO2S/c1-2-4-15-11-29(18(30)12-5-3-6-14(22)9-12)16-8-7-13(10-17(16)32-15)19(31,20(23,24)25)21(26,27)28/h3,5-10,15,31H,11H2,1H3. The monoisotopic (exact) mass is 493 g/mol. The zero-order valence-corrected chi connectivity index (χ0v) is 17.8. The molecule has 2 aromatic rings. The Kier molecular flexibility index (Phi) is 6.48. The van der Waals surface area contributed by atoms with Crippen LogP contribution in [0.15, 0.2) is 47.4 Å². The van der Waals surface area contributed by atoms with Crippen LogP contribution in [0, 0.1) is 11.8 Å². The molecule has 1 unspecified atom stereocenters. The van der Waals surface area contributed by atoms with E-state index in [0.29, 0.717) is 12.1 Å². The van der Waals surface area contributed by atoms with Gasteiger partial charge in [0.15, 0.2) is 0 Å². The third-order valence-corrected chi connectivity index (χ3v) is 6.10. The maximum Gasteiger partial charge on any atom is 0.430 e. The molecule has 0 aliphatic carbocycles. The number of fused-ring (bicyclic) bond motifs is 1. The number of amides is 1. The normalized spacial score (nSPS) is 16.8. The number of anilines is 1. The number of rotatable bonds is 2. The Balaban J connectivity index is 2.14. The molecule has 32 heavy (non-hydrogen) atoms. The van der Waals surface area contributed by atoms with Crippen molar-refractivity contribution in [3.63, 3.8) is 0 Å². The topological polar surface area (TPSA) is 40.5 Å². The van der Waals surface area contributed by atoms with E-state index in [1.165, 1.54) is 30.0 Å². The first kappa shape index (κ1) is 24.3. The van der Waals surface area contributed by atoms with Crippen LogP contribution in [0.2, 0.25) is 5.02 Å². The molecule has 1 aliphatic rings. The van der Waals surface area contributed by atoms with Gasteiger partial charge in [0.1, 0.15) is 0 Å². The predicted octanol–water partition coefficient (Wildman–Crippen LogP) is 5.80. The fourth-order valence-electron chi connectivity index (χ4n) is 3.21. The van der Waals surface area contributed by atoms with Gasteiger partial charge < -0.3 is 10.0 Å². The number of hydrogen-bond donors (Lipinski definition) is 1. The summed E-state index contributed by atoms with van der Waals surface area (Å²) in [6.45, 7) is 1.56. The molecule has 1 atom stereocenters. The van der Waals surface area contributed by atoms with Crippen LogP contribution in [0.4, 0.5) is 32.0 Å². The number of carbonyl (C=O) groups is 1. The molecule has 0 fully saturated rings. The Morgan fingerprint density at radius 2 is 1.78 bits per heavy atom. The van der Waals surface area contributed by atoms with E-state index in [1.807, 2.05) is 0 Å². The third-order valence-electron chi connectivity index (χ3n) is 4.73. The summed E-state index contributed by atoms with van der Waals surface area (Å²) in [7, 11) is 0. The summed E-state index contributed by atoms with van der Waals surface area (Å²) in [6.07, 6.45) is -12.0. The van der Waals surface area contributed by atoms with Crippen LogP contribution in [-0.2, 0) is 5.60 Å². The molecule has 1 amide bonds. The minimum atomic E-state index is -6.02. The molecule has 2 aromatic carbocycles. The summed E-state index contributed by atoms with van der Waals surface area (Å²) in [5, 5.41) is 9.39. The zero-order valence-electron chi connectivity index (χ0n) is 16.2. The number of halogens is 7. The number of benzene rings is 2. The Hall–Kier alpha value is -2.35. The molecule has 1 N–H and O–H groups in total. The highest BCUT2D eigenvalue weighted by molar-refractivity contribution is 8.00. The fraction of sp³-hybridized carbons (Fsp3) is 0.286. The number of carbonyl (C=O) groups excluding carboxylic acids is 1. The molecule has 170 valence electrons. The summed E-state index contributed by atoms with van der Waals surface area (Å²) in [6, 6.07) is 8.04. The summed E-state index contributed by atoms with van der Waals surface area (Å²) >= 11 is 6.84. The first-order valence-corrected chi connectivity index (χ1v) is 10.2. The Morgan fingerprint density at radius 1 is 1.12 bits per heavy atom. The van der Waals surface area contributed by atoms with Gasteiger partial charge in [0.05, 0.1) is 10.9 Å². The number of alkyl halides is 6. The van der Waals surface area contributed by atoms with Crippen molar-refractivity contribution < 1.29 is 36.2 Å². The molecule has 0 radical (unpaired) electrons. The van der Waals surface area contributed by atoms with Crippen molar-refractivity contribution in [1.82, 2.24) is 0 Å². The van der Waals surface area contributed by atoms with Crippen LogP contribution in [0.1, 0.15) is 22.8 Å². The van der Waals surface area contributed by atoms with Crippen LogP contribution in [-0.4, -0.2) is 35.2 Å². The summed E-state index contributed by atoms with van der Waals surface area (Å²) in [4.78, 5) is 14.2. The van der Waals surface area contributed by atoms with Crippen molar-refractivity contribution >= 4 is 35.0 Å². The Morgan fingerprint density at radius 3 is 2.34 bits per heavy atom. The van der Waals surface area contributed by atoms with Gasteiger partial charge in [-0.15, -0.1) is 17.7 Å². The Bertz CT molecular complexity index is 1090. The first-order chi connectivity index (χ1) is 14.8. The smallest absolute Gasteiger partial charge is 0.369 e. The quantitative estimate of drug-likeness (QED) is 0.425. The average molecular weight is 494 g/mol. The second kappa shape index (κ2) is 8.54. The van der Waals surface area contributed by atoms with E-state index < -0.39 is 34.7 Å². The van der Waals surface area contributed by atoms with Crippen molar-refractivity contribution in [2.45, 2.75) is 35.0 Å². The number of aliphatic hydroxyl groups is 1. The van der Waals surface area contributed by atoms with Crippen molar-refractivity contribution in [3.05, 3.63) is 58.6 Å². The lowest BCUT2D eigenvalue weighted by Gasteiger charge is -2.36. The highest BCUT2D eigenvalue weighted by Gasteiger charge is 2.71. The SMILES string of the molecule is CC#CC1CN(C(=O)c2cccc(Cl)c2)c2ccc(C(O)(C(F)(F)F)C(F)(F)F)cc2S1. The van der Waals surface area contributed by atoms with Crippen LogP contribution in [0.5, 0.6) is 0 Å². The number of hydrogen-bond acceptors (Lipinski definition) is 3. The second-order valence-electron chi connectivity index (χ2n) is 6.82. The highest BCUT2D eigenvalue weighted by atomic mass is 35.5. The van der Waals surface area contributed by atoms with E-state index in [2.05, 4.69) is 11.8 Å². The van der Waals surface area contributed by atoms with Crippen LogP contribution >= 0.6 is 23.4 Å². The van der Waals surface area contributed by atoms with E-state index in [-0.39, 0.29) is 27.7 Å². The molecule has 3 nitrogen and oxygen atoms in total. The van der Waals surface area contributed by atoms with Gasteiger partial charge in [-0.2, -0.15) is 26.3 Å². The lowest BCUT2D eigenvalue weighted by Crippen LogP contribution is -2.54. The second-order valence-corrected chi connectivity index (χ2v) is 8.50. The molecule has 3 rings (SSSR count). The largest absolute Gasteiger partial charge is 0.430 e. The van der Waals surface area contributed by atoms with Crippen molar-refractivity contribution in [2.75, 3.05) is 11.4 Å². The van der Waals surface area contributed by atoms with E-state index >= 15 is 0 Å². The van der Waals surface area contributed by atoms with Gasteiger partial charge in [0.25, 0.3) is 11.5 Å². The van der Waals surface area contributed by atoms with Gasteiger partial charge in [-0.05, 0) is 37.3 Å². The van der Waals surface area contributed by atoms with Crippen LogP contribution in [0.25, 0.3) is 0 Å². The van der Waals surface area contributed by atoms with Gasteiger partial charge in [-0.25, -0.2) is 0 Å². The maximum absolute atomic E-state index is 13.3. The van der Waals surface area contributed by atoms with Gasteiger partial charge >= 0.3 is 12.4 Å². The fourth-order valence-corrected chi connectivity index (χ4v) is 4.60. The van der Waals surface area contributed by atoms with Crippen LogP contribution in [0.3, 0.4) is 0 Å². The lowest BCUT2D eigenvalue weighted by atomic mass is 9.92. The summed E-state index contributed by atoms with van der Waals surface area (Å²) in [5.41, 5.74) is -6.18. The van der Waals surface area contributed by atoms with Gasteiger partial charge in [-0.1, -0.05) is 29.7 Å². The molecule has 0 bridgehead atoms. The molecule has 11 heteroatoms. The molecule has 0 spiro atoms. The average Bonchev–Trinajstić information content (AvgIpc) is 2.70. The third kappa shape index (κ3) is 4.29. The van der Waals surface area contributed by atoms with E-state index in [0.717, 1.165) is 17.8 Å². The first-order valence-electron chi connectivity index (χ1n) is 8.96. The van der Waals surface area contributed by atoms with Crippen LogP contribution < -0.4 is 4.90 Å². The molecule has 1 aliphatic heterocycles. The molecular weight excluding hydrogens is 480 g/mol. The minimum absolute atomic E-state index is 0.0476. The van der Waals surface area contributed by atoms with Gasteiger partial charge in [0, 0.05) is 27.6 Å². The van der Waals surface area contributed by atoms with E-state index in [9.17, 15) is 36.2 Å². The molecule has 0 saturated heterocycles. The van der Waals surface area contributed by atoms with Crippen molar-refractivity contribution in [2.24, 2.45) is 0 Å². The van der Waals surface area contributed by atoms with E-state index in [1.54, 1.807) is 6.07 Å². The van der Waals surface area contributed by atoms with Crippen molar-refractivity contribution in [3.8, 4) is 11.8 Å². The molecule has 1 heterocycles. The molecule has 0 aromatic heterocycles. The number of thioether (sulfide) groups is 1. The van der Waals surface area contributed by atoms with Crippen molar-refractivity contribution in [1.29, 1.82) is 0 Å². The predicted molar refractivity (Wildman–Crippen MR) is 109 cm³/mol.